The number of hydrogen-bond acceptors (Lipinski definition) is 2. The van der Waals surface area contributed by atoms with Crippen LogP contribution in [-0.2, 0) is 6.18 Å². The van der Waals surface area contributed by atoms with E-state index >= 15 is 0 Å². The van der Waals surface area contributed by atoms with Crippen molar-refractivity contribution in [3.8, 4) is 5.69 Å². The molecule has 3 rings (SSSR count). The van der Waals surface area contributed by atoms with Crippen LogP contribution in [-0.4, -0.2) is 15.7 Å². The molecule has 0 aliphatic heterocycles. The molecule has 7 heteroatoms. The molecule has 0 fully saturated rings. The number of aryl methyl sites for hydroxylation is 1. The first-order valence-corrected chi connectivity index (χ1v) is 7.45. The van der Waals surface area contributed by atoms with Crippen LogP contribution in [0.4, 0.5) is 19.0 Å². The second-order valence-corrected chi connectivity index (χ2v) is 5.43. The summed E-state index contributed by atoms with van der Waals surface area (Å²) < 4.78 is 40.4. The molecule has 0 atom stereocenters. The Morgan fingerprint density at radius 1 is 1.04 bits per heavy atom. The number of carbonyl (C=O) groups excluding carboxylic acids is 1. The Morgan fingerprint density at radius 2 is 1.72 bits per heavy atom. The van der Waals surface area contributed by atoms with Crippen molar-refractivity contribution in [2.24, 2.45) is 0 Å². The summed E-state index contributed by atoms with van der Waals surface area (Å²) >= 11 is 0. The van der Waals surface area contributed by atoms with E-state index in [0.29, 0.717) is 5.56 Å². The number of amides is 1. The summed E-state index contributed by atoms with van der Waals surface area (Å²) in [5.41, 5.74) is 0.371. The van der Waals surface area contributed by atoms with Gasteiger partial charge in [-0.05, 0) is 30.7 Å². The van der Waals surface area contributed by atoms with Crippen molar-refractivity contribution in [2.75, 3.05) is 5.32 Å². The van der Waals surface area contributed by atoms with Gasteiger partial charge in [-0.15, -0.1) is 0 Å². The maximum atomic E-state index is 13.1. The van der Waals surface area contributed by atoms with Crippen molar-refractivity contribution in [1.82, 2.24) is 9.78 Å². The predicted molar refractivity (Wildman–Crippen MR) is 87.7 cm³/mol. The highest BCUT2D eigenvalue weighted by Gasteiger charge is 2.33. The minimum atomic E-state index is -4.49. The molecule has 4 nitrogen and oxygen atoms in total. The smallest absolute Gasteiger partial charge is 0.305 e. The van der Waals surface area contributed by atoms with Gasteiger partial charge in [-0.25, -0.2) is 4.68 Å². The second-order valence-electron chi connectivity index (χ2n) is 5.43. The van der Waals surface area contributed by atoms with E-state index in [1.807, 2.05) is 6.07 Å². The summed E-state index contributed by atoms with van der Waals surface area (Å²) in [5, 5.41) is 6.63. The second kappa shape index (κ2) is 6.43. The zero-order valence-electron chi connectivity index (χ0n) is 13.2. The highest BCUT2D eigenvalue weighted by molar-refractivity contribution is 6.04. The average molecular weight is 345 g/mol. The first-order chi connectivity index (χ1) is 11.9. The van der Waals surface area contributed by atoms with Gasteiger partial charge in [-0.2, -0.15) is 18.3 Å². The van der Waals surface area contributed by atoms with Crippen molar-refractivity contribution in [2.45, 2.75) is 13.1 Å². The molecule has 1 heterocycles. The van der Waals surface area contributed by atoms with Gasteiger partial charge in [0.15, 0.2) is 5.82 Å². The molecule has 3 aromatic rings. The number of rotatable bonds is 3. The average Bonchev–Trinajstić information content (AvgIpc) is 3.03. The van der Waals surface area contributed by atoms with Gasteiger partial charge in [0.25, 0.3) is 5.91 Å². The number of nitrogens with zero attached hydrogens (tertiary/aromatic N) is 2. The number of anilines is 1. The molecular formula is C18H14F3N3O. The summed E-state index contributed by atoms with van der Waals surface area (Å²) in [6, 6.07) is 13.6. The molecule has 2 aromatic carbocycles. The van der Waals surface area contributed by atoms with E-state index in [2.05, 4.69) is 10.4 Å². The molecule has 0 unspecified atom stereocenters. The fourth-order valence-corrected chi connectivity index (χ4v) is 2.45. The minimum Gasteiger partial charge on any atom is -0.305 e. The molecule has 0 bridgehead atoms. The topological polar surface area (TPSA) is 46.9 Å². The summed E-state index contributed by atoms with van der Waals surface area (Å²) in [4.78, 5) is 12.3. The SMILES string of the molecule is Cc1ccccc1C(=O)Nc1ccn(-c2ccccc2C(F)(F)F)n1. The van der Waals surface area contributed by atoms with Crippen LogP contribution in [0.5, 0.6) is 0 Å². The first kappa shape index (κ1) is 16.8. The molecule has 0 aliphatic carbocycles. The number of hydrogen-bond donors (Lipinski definition) is 1. The maximum Gasteiger partial charge on any atom is 0.418 e. The summed E-state index contributed by atoms with van der Waals surface area (Å²) in [5.74, 6) is -0.197. The number of para-hydroxylation sites is 1. The van der Waals surface area contributed by atoms with Crippen LogP contribution < -0.4 is 5.32 Å². The Kier molecular flexibility index (Phi) is 4.31. The van der Waals surface area contributed by atoms with Gasteiger partial charge in [0, 0.05) is 17.8 Å². The molecule has 0 radical (unpaired) electrons. The quantitative estimate of drug-likeness (QED) is 0.762. The third kappa shape index (κ3) is 3.55. The molecule has 0 saturated carbocycles. The van der Waals surface area contributed by atoms with Crippen LogP contribution in [0.25, 0.3) is 5.69 Å². The molecule has 0 aliphatic rings. The number of carbonyl (C=O) groups is 1. The van der Waals surface area contributed by atoms with Gasteiger partial charge < -0.3 is 5.32 Å². The monoisotopic (exact) mass is 345 g/mol. The standard InChI is InChI=1S/C18H14F3N3O/c1-12-6-2-3-7-13(12)17(25)22-16-10-11-24(23-16)15-9-5-4-8-14(15)18(19,20)21/h2-11H,1H3,(H,22,23,25). The summed E-state index contributed by atoms with van der Waals surface area (Å²) in [6.45, 7) is 1.80. The van der Waals surface area contributed by atoms with E-state index in [0.717, 1.165) is 16.3 Å². The fourth-order valence-electron chi connectivity index (χ4n) is 2.45. The van der Waals surface area contributed by atoms with Gasteiger partial charge >= 0.3 is 6.18 Å². The van der Waals surface area contributed by atoms with E-state index in [-0.39, 0.29) is 17.4 Å². The molecule has 0 spiro atoms. The Morgan fingerprint density at radius 3 is 2.44 bits per heavy atom. The molecule has 1 amide bonds. The Bertz CT molecular complexity index is 916. The lowest BCUT2D eigenvalue weighted by atomic mass is 10.1. The third-order valence-corrected chi connectivity index (χ3v) is 3.68. The van der Waals surface area contributed by atoms with Crippen molar-refractivity contribution < 1.29 is 18.0 Å². The van der Waals surface area contributed by atoms with E-state index in [4.69, 9.17) is 0 Å². The largest absolute Gasteiger partial charge is 0.418 e. The van der Waals surface area contributed by atoms with Crippen molar-refractivity contribution >= 4 is 11.7 Å². The van der Waals surface area contributed by atoms with Crippen molar-refractivity contribution in [3.05, 3.63) is 77.5 Å². The van der Waals surface area contributed by atoms with E-state index in [9.17, 15) is 18.0 Å². The Hall–Kier alpha value is -3.09. The molecule has 0 saturated heterocycles. The van der Waals surface area contributed by atoms with E-state index < -0.39 is 11.7 Å². The predicted octanol–water partition coefficient (Wildman–Crippen LogP) is 4.45. The lowest BCUT2D eigenvalue weighted by Gasteiger charge is -2.12. The van der Waals surface area contributed by atoms with Crippen LogP contribution in [0.2, 0.25) is 0 Å². The van der Waals surface area contributed by atoms with Gasteiger partial charge in [0.1, 0.15) is 0 Å². The van der Waals surface area contributed by atoms with Crippen LogP contribution in [0.15, 0.2) is 60.8 Å². The lowest BCUT2D eigenvalue weighted by Crippen LogP contribution is -2.14. The number of nitrogens with one attached hydrogen (secondary N) is 1. The summed E-state index contributed by atoms with van der Waals surface area (Å²) in [7, 11) is 0. The number of aromatic nitrogens is 2. The summed E-state index contributed by atoms with van der Waals surface area (Å²) in [6.07, 6.45) is -3.12. The van der Waals surface area contributed by atoms with E-state index in [1.165, 1.54) is 30.5 Å². The van der Waals surface area contributed by atoms with Crippen LogP contribution >= 0.6 is 0 Å². The highest BCUT2D eigenvalue weighted by atomic mass is 19.4. The van der Waals surface area contributed by atoms with Crippen molar-refractivity contribution in [1.29, 1.82) is 0 Å². The Balaban J connectivity index is 1.87. The van der Waals surface area contributed by atoms with Gasteiger partial charge in [-0.3, -0.25) is 4.79 Å². The number of benzene rings is 2. The number of alkyl halides is 3. The molecule has 1 aromatic heterocycles. The maximum absolute atomic E-state index is 13.1. The van der Waals surface area contributed by atoms with Crippen molar-refractivity contribution in [3.63, 3.8) is 0 Å². The zero-order chi connectivity index (χ0) is 18.0. The normalized spacial score (nSPS) is 11.4. The van der Waals surface area contributed by atoms with Crippen LogP contribution in [0.3, 0.4) is 0 Å². The van der Waals surface area contributed by atoms with Gasteiger partial charge in [0.05, 0.1) is 11.3 Å². The fraction of sp³-hybridized carbons (Fsp3) is 0.111. The molecule has 1 N–H and O–H groups in total. The van der Waals surface area contributed by atoms with Gasteiger partial charge in [0.2, 0.25) is 0 Å². The first-order valence-electron chi connectivity index (χ1n) is 7.45. The molecular weight excluding hydrogens is 331 g/mol. The van der Waals surface area contributed by atoms with Crippen LogP contribution in [0, 0.1) is 6.92 Å². The van der Waals surface area contributed by atoms with Gasteiger partial charge in [-0.1, -0.05) is 30.3 Å². The highest BCUT2D eigenvalue weighted by Crippen LogP contribution is 2.33. The third-order valence-electron chi connectivity index (χ3n) is 3.68. The Labute approximate surface area is 141 Å². The minimum absolute atomic E-state index is 0.105. The molecule has 25 heavy (non-hydrogen) atoms. The lowest BCUT2D eigenvalue weighted by molar-refractivity contribution is -0.137. The van der Waals surface area contributed by atoms with Crippen LogP contribution in [0.1, 0.15) is 21.5 Å². The molecule has 128 valence electrons. The van der Waals surface area contributed by atoms with E-state index in [1.54, 1.807) is 25.1 Å². The number of halogens is 3. The zero-order valence-corrected chi connectivity index (χ0v) is 13.2.